The molecule has 2 heterocycles. The molecule has 2 amide bonds. The van der Waals surface area contributed by atoms with Crippen LogP contribution in [0.2, 0.25) is 0 Å². The maximum absolute atomic E-state index is 12.5. The highest BCUT2D eigenvalue weighted by Crippen LogP contribution is 2.15. The molecule has 2 aliphatic rings. The van der Waals surface area contributed by atoms with Gasteiger partial charge < -0.3 is 15.5 Å². The minimum Gasteiger partial charge on any atom is -0.398 e. The Balaban J connectivity index is 1.49. The number of anilines is 1. The van der Waals surface area contributed by atoms with Crippen molar-refractivity contribution in [2.75, 3.05) is 51.5 Å². The van der Waals surface area contributed by atoms with Gasteiger partial charge in [0, 0.05) is 45.0 Å². The molecule has 1 aromatic rings. The lowest BCUT2D eigenvalue weighted by Gasteiger charge is -2.36. The highest BCUT2D eigenvalue weighted by atomic mass is 16.2. The second kappa shape index (κ2) is 7.66. The van der Waals surface area contributed by atoms with Gasteiger partial charge in [-0.15, -0.1) is 0 Å². The summed E-state index contributed by atoms with van der Waals surface area (Å²) in [7, 11) is 0. The number of nitrogens with zero attached hydrogens (tertiary/aromatic N) is 3. The molecule has 0 atom stereocenters. The normalized spacial score (nSPS) is 19.3. The summed E-state index contributed by atoms with van der Waals surface area (Å²) in [6.45, 7) is 5.00. The first-order valence-corrected chi connectivity index (χ1v) is 8.79. The van der Waals surface area contributed by atoms with Crippen molar-refractivity contribution in [3.63, 3.8) is 0 Å². The third-order valence-corrected chi connectivity index (χ3v) is 4.92. The number of benzene rings is 1. The molecule has 1 aromatic carbocycles. The summed E-state index contributed by atoms with van der Waals surface area (Å²) in [5.74, 6) is 0.205. The Labute approximate surface area is 143 Å². The standard InChI is InChI=1S/C18H26N4O2/c19-16-7-3-2-6-15(16)18(24)22-12-10-20(11-13-22)14-17(23)21-8-4-1-5-9-21/h2-3,6-7H,1,4-5,8-14,19H2. The van der Waals surface area contributed by atoms with E-state index in [1.54, 1.807) is 12.1 Å². The Morgan fingerprint density at radius 3 is 2.21 bits per heavy atom. The van der Waals surface area contributed by atoms with Gasteiger partial charge in [-0.2, -0.15) is 0 Å². The molecular formula is C18H26N4O2. The van der Waals surface area contributed by atoms with Crippen LogP contribution >= 0.6 is 0 Å². The average molecular weight is 330 g/mol. The fraction of sp³-hybridized carbons (Fsp3) is 0.556. The first-order chi connectivity index (χ1) is 11.6. The van der Waals surface area contributed by atoms with Crippen molar-refractivity contribution in [3.8, 4) is 0 Å². The van der Waals surface area contributed by atoms with Gasteiger partial charge in [-0.1, -0.05) is 12.1 Å². The van der Waals surface area contributed by atoms with E-state index in [9.17, 15) is 9.59 Å². The summed E-state index contributed by atoms with van der Waals surface area (Å²) in [4.78, 5) is 30.8. The van der Waals surface area contributed by atoms with Gasteiger partial charge in [-0.25, -0.2) is 0 Å². The molecule has 0 spiro atoms. The minimum absolute atomic E-state index is 0.0184. The highest BCUT2D eigenvalue weighted by molar-refractivity contribution is 5.99. The summed E-state index contributed by atoms with van der Waals surface area (Å²) in [5, 5.41) is 0. The number of rotatable bonds is 3. The maximum Gasteiger partial charge on any atom is 0.256 e. The SMILES string of the molecule is Nc1ccccc1C(=O)N1CCN(CC(=O)N2CCCCC2)CC1. The van der Waals surface area contributed by atoms with E-state index in [1.165, 1.54) is 6.42 Å². The van der Waals surface area contributed by atoms with Crippen molar-refractivity contribution < 1.29 is 9.59 Å². The predicted octanol–water partition coefficient (Wildman–Crippen LogP) is 1.04. The highest BCUT2D eigenvalue weighted by Gasteiger charge is 2.25. The molecule has 24 heavy (non-hydrogen) atoms. The number of carbonyl (C=O) groups excluding carboxylic acids is 2. The lowest BCUT2D eigenvalue weighted by atomic mass is 10.1. The van der Waals surface area contributed by atoms with Crippen molar-refractivity contribution in [3.05, 3.63) is 29.8 Å². The number of carbonyl (C=O) groups is 2. The van der Waals surface area contributed by atoms with Crippen LogP contribution in [0.1, 0.15) is 29.6 Å². The van der Waals surface area contributed by atoms with E-state index in [1.807, 2.05) is 21.9 Å². The summed E-state index contributed by atoms with van der Waals surface area (Å²) in [5.41, 5.74) is 6.98. The van der Waals surface area contributed by atoms with E-state index < -0.39 is 0 Å². The van der Waals surface area contributed by atoms with Crippen molar-refractivity contribution in [2.45, 2.75) is 19.3 Å². The monoisotopic (exact) mass is 330 g/mol. The number of nitrogen functional groups attached to an aromatic ring is 1. The van der Waals surface area contributed by atoms with Gasteiger partial charge in [-0.3, -0.25) is 14.5 Å². The lowest BCUT2D eigenvalue weighted by Crippen LogP contribution is -2.52. The first kappa shape index (κ1) is 16.8. The number of amides is 2. The lowest BCUT2D eigenvalue weighted by molar-refractivity contribution is -0.133. The smallest absolute Gasteiger partial charge is 0.256 e. The number of para-hydroxylation sites is 1. The zero-order chi connectivity index (χ0) is 16.9. The van der Waals surface area contributed by atoms with E-state index in [-0.39, 0.29) is 11.8 Å². The van der Waals surface area contributed by atoms with Gasteiger partial charge in [0.15, 0.2) is 0 Å². The Morgan fingerprint density at radius 2 is 1.54 bits per heavy atom. The van der Waals surface area contributed by atoms with Crippen LogP contribution in [-0.4, -0.2) is 72.3 Å². The zero-order valence-electron chi connectivity index (χ0n) is 14.1. The summed E-state index contributed by atoms with van der Waals surface area (Å²) >= 11 is 0. The van der Waals surface area contributed by atoms with Gasteiger partial charge in [0.2, 0.25) is 5.91 Å². The molecule has 6 heteroatoms. The second-order valence-corrected chi connectivity index (χ2v) is 6.60. The van der Waals surface area contributed by atoms with Crippen molar-refractivity contribution >= 4 is 17.5 Å². The molecule has 6 nitrogen and oxygen atoms in total. The van der Waals surface area contributed by atoms with Gasteiger partial charge in [0.1, 0.15) is 0 Å². The average Bonchev–Trinajstić information content (AvgIpc) is 2.63. The van der Waals surface area contributed by atoms with Gasteiger partial charge in [0.05, 0.1) is 12.1 Å². The maximum atomic E-state index is 12.5. The summed E-state index contributed by atoms with van der Waals surface area (Å²) < 4.78 is 0. The Bertz CT molecular complexity index is 590. The third-order valence-electron chi connectivity index (χ3n) is 4.92. The number of piperidine rings is 1. The van der Waals surface area contributed by atoms with Gasteiger partial charge in [-0.05, 0) is 31.4 Å². The van der Waals surface area contributed by atoms with Crippen LogP contribution in [0, 0.1) is 0 Å². The number of piperazine rings is 1. The number of hydrogen-bond acceptors (Lipinski definition) is 4. The van der Waals surface area contributed by atoms with Crippen molar-refractivity contribution in [2.24, 2.45) is 0 Å². The van der Waals surface area contributed by atoms with Gasteiger partial charge >= 0.3 is 0 Å². The molecule has 0 saturated carbocycles. The first-order valence-electron chi connectivity index (χ1n) is 8.79. The van der Waals surface area contributed by atoms with Crippen LogP contribution in [0.3, 0.4) is 0 Å². The van der Waals surface area contributed by atoms with Crippen LogP contribution < -0.4 is 5.73 Å². The largest absolute Gasteiger partial charge is 0.398 e. The van der Waals surface area contributed by atoms with E-state index in [0.717, 1.165) is 39.0 Å². The Hall–Kier alpha value is -2.08. The van der Waals surface area contributed by atoms with Crippen LogP contribution in [-0.2, 0) is 4.79 Å². The summed E-state index contributed by atoms with van der Waals surface area (Å²) in [6.07, 6.45) is 3.46. The number of likely N-dealkylation sites (tertiary alicyclic amines) is 1. The quantitative estimate of drug-likeness (QED) is 0.841. The van der Waals surface area contributed by atoms with E-state index >= 15 is 0 Å². The molecule has 0 aliphatic carbocycles. The fourth-order valence-corrected chi connectivity index (χ4v) is 3.41. The molecule has 0 unspecified atom stereocenters. The van der Waals surface area contributed by atoms with Crippen molar-refractivity contribution in [1.82, 2.24) is 14.7 Å². The minimum atomic E-state index is -0.0184. The topological polar surface area (TPSA) is 69.9 Å². The van der Waals surface area contributed by atoms with Gasteiger partial charge in [0.25, 0.3) is 5.91 Å². The number of nitrogens with two attached hydrogens (primary N) is 1. The fourth-order valence-electron chi connectivity index (χ4n) is 3.41. The Kier molecular flexibility index (Phi) is 5.35. The molecule has 0 radical (unpaired) electrons. The van der Waals surface area contributed by atoms with Crippen LogP contribution in [0.5, 0.6) is 0 Å². The number of hydrogen-bond donors (Lipinski definition) is 1. The van der Waals surface area contributed by atoms with Crippen LogP contribution in [0.4, 0.5) is 5.69 Å². The van der Waals surface area contributed by atoms with Crippen molar-refractivity contribution in [1.29, 1.82) is 0 Å². The summed E-state index contributed by atoms with van der Waals surface area (Å²) in [6, 6.07) is 7.18. The molecule has 130 valence electrons. The molecular weight excluding hydrogens is 304 g/mol. The Morgan fingerprint density at radius 1 is 0.875 bits per heavy atom. The molecule has 2 saturated heterocycles. The molecule has 0 aromatic heterocycles. The van der Waals surface area contributed by atoms with Crippen LogP contribution in [0.25, 0.3) is 0 Å². The van der Waals surface area contributed by atoms with E-state index in [0.29, 0.717) is 30.9 Å². The third kappa shape index (κ3) is 3.87. The molecule has 2 fully saturated rings. The second-order valence-electron chi connectivity index (χ2n) is 6.60. The molecule has 2 N–H and O–H groups in total. The molecule has 3 rings (SSSR count). The zero-order valence-corrected chi connectivity index (χ0v) is 14.1. The van der Waals surface area contributed by atoms with E-state index in [4.69, 9.17) is 5.73 Å². The van der Waals surface area contributed by atoms with E-state index in [2.05, 4.69) is 4.90 Å². The predicted molar refractivity (Wildman–Crippen MR) is 93.6 cm³/mol. The van der Waals surface area contributed by atoms with Crippen LogP contribution in [0.15, 0.2) is 24.3 Å². The molecule has 0 bridgehead atoms. The molecule has 2 aliphatic heterocycles.